The highest BCUT2D eigenvalue weighted by molar-refractivity contribution is 6.42. The highest BCUT2D eigenvalue weighted by atomic mass is 35.5. The van der Waals surface area contributed by atoms with E-state index in [9.17, 15) is 19.2 Å². The molecular formula is C27H31Cl2N3O4. The first-order chi connectivity index (χ1) is 17.2. The van der Waals surface area contributed by atoms with Gasteiger partial charge in [0.15, 0.2) is 0 Å². The van der Waals surface area contributed by atoms with Crippen LogP contribution in [0.3, 0.4) is 0 Å². The van der Waals surface area contributed by atoms with Crippen molar-refractivity contribution in [2.45, 2.75) is 65.1 Å². The van der Waals surface area contributed by atoms with Crippen molar-refractivity contribution in [2.24, 2.45) is 0 Å². The van der Waals surface area contributed by atoms with Crippen LogP contribution >= 0.6 is 23.2 Å². The van der Waals surface area contributed by atoms with E-state index in [1.807, 2.05) is 20.8 Å². The summed E-state index contributed by atoms with van der Waals surface area (Å²) in [5, 5.41) is 3.74. The maximum atomic E-state index is 13.4. The standard InChI is InChI=1S/C27H31Cl2N3O4/c1-4-17(3)30-25(34)23(5-2)32(16-18-12-13-21(28)22(29)15-18)24(33)11-8-14-31-26(35)19-9-6-7-10-20(19)27(31)36/h6-7,9-10,12-13,15,17,23H,4-5,8,11,14,16H2,1-3H3,(H,30,34)/t17-,23+/m1/s1. The summed E-state index contributed by atoms with van der Waals surface area (Å²) in [7, 11) is 0. The molecule has 0 fully saturated rings. The minimum absolute atomic E-state index is 0.0256. The lowest BCUT2D eigenvalue weighted by molar-refractivity contribution is -0.141. The smallest absolute Gasteiger partial charge is 0.261 e. The number of hydrogen-bond acceptors (Lipinski definition) is 4. The largest absolute Gasteiger partial charge is 0.352 e. The van der Waals surface area contributed by atoms with E-state index in [0.29, 0.717) is 27.6 Å². The molecule has 0 aromatic heterocycles. The molecule has 9 heteroatoms. The molecule has 2 aromatic rings. The number of amides is 4. The fraction of sp³-hybridized carbons (Fsp3) is 0.407. The van der Waals surface area contributed by atoms with Crippen LogP contribution in [0.2, 0.25) is 10.0 Å². The molecule has 0 saturated carbocycles. The highest BCUT2D eigenvalue weighted by Crippen LogP contribution is 2.25. The van der Waals surface area contributed by atoms with Gasteiger partial charge in [-0.05, 0) is 56.0 Å². The summed E-state index contributed by atoms with van der Waals surface area (Å²) in [6.45, 7) is 6.04. The number of halogens is 2. The second-order valence-corrected chi connectivity index (χ2v) is 9.74. The normalized spacial score (nSPS) is 14.4. The van der Waals surface area contributed by atoms with E-state index in [1.165, 1.54) is 4.90 Å². The Morgan fingerprint density at radius 1 is 0.972 bits per heavy atom. The van der Waals surface area contributed by atoms with E-state index in [-0.39, 0.29) is 55.6 Å². The zero-order chi connectivity index (χ0) is 26.4. The second kappa shape index (κ2) is 12.4. The van der Waals surface area contributed by atoms with Gasteiger partial charge in [0.05, 0.1) is 21.2 Å². The van der Waals surface area contributed by atoms with E-state index < -0.39 is 6.04 Å². The summed E-state index contributed by atoms with van der Waals surface area (Å²) < 4.78 is 0. The van der Waals surface area contributed by atoms with Gasteiger partial charge in [0.1, 0.15) is 6.04 Å². The predicted octanol–water partition coefficient (Wildman–Crippen LogP) is 5.09. The lowest BCUT2D eigenvalue weighted by Gasteiger charge is -2.31. The van der Waals surface area contributed by atoms with Crippen LogP contribution in [0.25, 0.3) is 0 Å². The number of rotatable bonds is 11. The average molecular weight is 532 g/mol. The zero-order valence-corrected chi connectivity index (χ0v) is 22.2. The van der Waals surface area contributed by atoms with Crippen molar-refractivity contribution in [1.82, 2.24) is 15.1 Å². The number of benzene rings is 2. The van der Waals surface area contributed by atoms with Gasteiger partial charge >= 0.3 is 0 Å². The topological polar surface area (TPSA) is 86.8 Å². The number of imide groups is 1. The van der Waals surface area contributed by atoms with Gasteiger partial charge < -0.3 is 10.2 Å². The van der Waals surface area contributed by atoms with Crippen molar-refractivity contribution in [1.29, 1.82) is 0 Å². The van der Waals surface area contributed by atoms with Crippen LogP contribution in [0.5, 0.6) is 0 Å². The molecule has 1 heterocycles. The zero-order valence-electron chi connectivity index (χ0n) is 20.7. The third-order valence-corrected chi connectivity index (χ3v) is 7.11. The Morgan fingerprint density at radius 2 is 1.61 bits per heavy atom. The molecule has 0 spiro atoms. The minimum Gasteiger partial charge on any atom is -0.352 e. The van der Waals surface area contributed by atoms with Gasteiger partial charge in [-0.2, -0.15) is 0 Å². The van der Waals surface area contributed by atoms with E-state index in [2.05, 4.69) is 5.32 Å². The van der Waals surface area contributed by atoms with Crippen LogP contribution < -0.4 is 5.32 Å². The first kappa shape index (κ1) is 27.7. The molecule has 2 aromatic carbocycles. The van der Waals surface area contributed by atoms with Crippen LogP contribution in [0, 0.1) is 0 Å². The molecule has 2 atom stereocenters. The number of nitrogens with one attached hydrogen (secondary N) is 1. The molecule has 0 bridgehead atoms. The van der Waals surface area contributed by atoms with E-state index >= 15 is 0 Å². The second-order valence-electron chi connectivity index (χ2n) is 8.92. The maximum absolute atomic E-state index is 13.4. The van der Waals surface area contributed by atoms with Crippen molar-refractivity contribution in [3.63, 3.8) is 0 Å². The third-order valence-electron chi connectivity index (χ3n) is 6.37. The summed E-state index contributed by atoms with van der Waals surface area (Å²) in [6, 6.07) is 11.1. The fourth-order valence-corrected chi connectivity index (χ4v) is 4.49. The van der Waals surface area contributed by atoms with E-state index in [1.54, 1.807) is 47.4 Å². The Balaban J connectivity index is 1.73. The summed E-state index contributed by atoms with van der Waals surface area (Å²) in [5.74, 6) is -1.17. The van der Waals surface area contributed by atoms with Gasteiger partial charge in [0, 0.05) is 25.6 Å². The van der Waals surface area contributed by atoms with Crippen LogP contribution in [0.15, 0.2) is 42.5 Å². The van der Waals surface area contributed by atoms with Gasteiger partial charge in [0.25, 0.3) is 11.8 Å². The molecule has 0 saturated heterocycles. The lowest BCUT2D eigenvalue weighted by atomic mass is 10.1. The number of hydrogen-bond donors (Lipinski definition) is 1. The molecule has 1 aliphatic rings. The van der Waals surface area contributed by atoms with Crippen LogP contribution in [-0.2, 0) is 16.1 Å². The Bertz CT molecular complexity index is 1120. The quantitative estimate of drug-likeness (QED) is 0.409. The predicted molar refractivity (Wildman–Crippen MR) is 140 cm³/mol. The number of fused-ring (bicyclic) bond motifs is 1. The first-order valence-electron chi connectivity index (χ1n) is 12.2. The van der Waals surface area contributed by atoms with Gasteiger partial charge in [-0.1, -0.05) is 55.2 Å². The summed E-state index contributed by atoms with van der Waals surface area (Å²) >= 11 is 12.2. The van der Waals surface area contributed by atoms with Crippen molar-refractivity contribution in [3.05, 3.63) is 69.2 Å². The van der Waals surface area contributed by atoms with Crippen molar-refractivity contribution < 1.29 is 19.2 Å². The van der Waals surface area contributed by atoms with Gasteiger partial charge in [-0.15, -0.1) is 0 Å². The average Bonchev–Trinajstić information content (AvgIpc) is 3.10. The first-order valence-corrected chi connectivity index (χ1v) is 12.9. The summed E-state index contributed by atoms with van der Waals surface area (Å²) in [4.78, 5) is 54.4. The molecule has 3 rings (SSSR count). The molecule has 0 radical (unpaired) electrons. The Hall–Kier alpha value is -2.90. The van der Waals surface area contributed by atoms with E-state index in [4.69, 9.17) is 23.2 Å². The number of carbonyl (C=O) groups is 4. The Kier molecular flexibility index (Phi) is 9.51. The molecule has 4 amide bonds. The third kappa shape index (κ3) is 6.26. The lowest BCUT2D eigenvalue weighted by Crippen LogP contribution is -2.50. The molecule has 7 nitrogen and oxygen atoms in total. The van der Waals surface area contributed by atoms with Crippen molar-refractivity contribution >= 4 is 46.8 Å². The minimum atomic E-state index is -0.680. The Morgan fingerprint density at radius 3 is 2.17 bits per heavy atom. The summed E-state index contributed by atoms with van der Waals surface area (Å²) in [5.41, 5.74) is 1.50. The SMILES string of the molecule is CC[C@@H](C)NC(=O)[C@H](CC)N(Cc1ccc(Cl)c(Cl)c1)C(=O)CCCN1C(=O)c2ccccc2C1=O. The molecule has 36 heavy (non-hydrogen) atoms. The monoisotopic (exact) mass is 531 g/mol. The molecular weight excluding hydrogens is 501 g/mol. The van der Waals surface area contributed by atoms with Crippen molar-refractivity contribution in [2.75, 3.05) is 6.54 Å². The number of nitrogens with zero attached hydrogens (tertiary/aromatic N) is 2. The van der Waals surface area contributed by atoms with Crippen LogP contribution in [0.4, 0.5) is 0 Å². The summed E-state index contributed by atoms with van der Waals surface area (Å²) in [6.07, 6.45) is 1.55. The van der Waals surface area contributed by atoms with E-state index in [0.717, 1.165) is 12.0 Å². The fourth-order valence-electron chi connectivity index (χ4n) is 4.17. The van der Waals surface area contributed by atoms with Crippen LogP contribution in [0.1, 0.15) is 72.7 Å². The van der Waals surface area contributed by atoms with Gasteiger partial charge in [-0.25, -0.2) is 0 Å². The van der Waals surface area contributed by atoms with Gasteiger partial charge in [-0.3, -0.25) is 24.1 Å². The highest BCUT2D eigenvalue weighted by Gasteiger charge is 2.35. The van der Waals surface area contributed by atoms with Gasteiger partial charge in [0.2, 0.25) is 11.8 Å². The Labute approximate surface area is 221 Å². The molecule has 0 aliphatic carbocycles. The molecule has 192 valence electrons. The van der Waals surface area contributed by atoms with Crippen LogP contribution in [-0.4, -0.2) is 52.1 Å². The number of carbonyl (C=O) groups excluding carboxylic acids is 4. The maximum Gasteiger partial charge on any atom is 0.261 e. The molecule has 1 aliphatic heterocycles. The molecule has 0 unspecified atom stereocenters. The molecule has 1 N–H and O–H groups in total. The van der Waals surface area contributed by atoms with Crippen molar-refractivity contribution in [3.8, 4) is 0 Å².